The van der Waals surface area contributed by atoms with Crippen LogP contribution in [0, 0.1) is 0 Å². The Kier molecular flexibility index (Phi) is 4.90. The first-order valence-electron chi connectivity index (χ1n) is 6.38. The van der Waals surface area contributed by atoms with Crippen molar-refractivity contribution in [3.05, 3.63) is 77.4 Å². The van der Waals surface area contributed by atoms with Gasteiger partial charge in [0.05, 0.1) is 7.11 Å². The van der Waals surface area contributed by atoms with Gasteiger partial charge < -0.3 is 4.74 Å². The number of carbonyl (C=O) groups is 1. The molecule has 0 spiro atoms. The number of benzene rings is 2. The van der Waals surface area contributed by atoms with Crippen LogP contribution in [0.3, 0.4) is 0 Å². The van der Waals surface area contributed by atoms with E-state index in [2.05, 4.69) is 4.74 Å². The first-order chi connectivity index (χ1) is 9.79. The summed E-state index contributed by atoms with van der Waals surface area (Å²) in [4.78, 5) is 11.1. The highest BCUT2D eigenvalue weighted by Gasteiger charge is 1.96. The van der Waals surface area contributed by atoms with Gasteiger partial charge in [-0.05, 0) is 22.8 Å². The van der Waals surface area contributed by atoms with E-state index in [-0.39, 0.29) is 5.97 Å². The Bertz CT molecular complexity index is 625. The van der Waals surface area contributed by atoms with Crippen molar-refractivity contribution < 1.29 is 9.53 Å². The molecule has 2 aromatic carbocycles. The van der Waals surface area contributed by atoms with Gasteiger partial charge in [0.1, 0.15) is 0 Å². The van der Waals surface area contributed by atoms with E-state index in [9.17, 15) is 4.79 Å². The number of hydrogen-bond donors (Lipinski definition) is 0. The highest BCUT2D eigenvalue weighted by molar-refractivity contribution is 5.88. The van der Waals surface area contributed by atoms with Gasteiger partial charge in [0.25, 0.3) is 0 Å². The van der Waals surface area contributed by atoms with Crippen molar-refractivity contribution in [2.24, 2.45) is 0 Å². The van der Waals surface area contributed by atoms with E-state index >= 15 is 0 Å². The smallest absolute Gasteiger partial charge is 0.330 e. The molecule has 0 bridgehead atoms. The Morgan fingerprint density at radius 2 is 1.45 bits per heavy atom. The largest absolute Gasteiger partial charge is 0.466 e. The lowest BCUT2D eigenvalue weighted by Gasteiger charge is -2.00. The second-order valence-electron chi connectivity index (χ2n) is 4.23. The fourth-order valence-electron chi connectivity index (χ4n) is 1.79. The first-order valence-corrected chi connectivity index (χ1v) is 6.38. The molecule has 0 heterocycles. The number of esters is 1. The SMILES string of the molecule is COC(=O)/C=C/c1ccccc1/C=C/c1ccccc1. The summed E-state index contributed by atoms with van der Waals surface area (Å²) in [5.41, 5.74) is 3.17. The van der Waals surface area contributed by atoms with Gasteiger partial charge >= 0.3 is 5.97 Å². The zero-order valence-electron chi connectivity index (χ0n) is 11.3. The van der Waals surface area contributed by atoms with E-state index in [4.69, 9.17) is 0 Å². The predicted molar refractivity (Wildman–Crippen MR) is 82.9 cm³/mol. The minimum atomic E-state index is -0.355. The van der Waals surface area contributed by atoms with Crippen LogP contribution >= 0.6 is 0 Å². The van der Waals surface area contributed by atoms with E-state index in [1.54, 1.807) is 6.08 Å². The van der Waals surface area contributed by atoms with Gasteiger partial charge in [-0.15, -0.1) is 0 Å². The molecule has 0 aromatic heterocycles. The zero-order valence-corrected chi connectivity index (χ0v) is 11.3. The summed E-state index contributed by atoms with van der Waals surface area (Å²) in [6.07, 6.45) is 7.27. The normalized spacial score (nSPS) is 11.1. The quantitative estimate of drug-likeness (QED) is 0.473. The maximum atomic E-state index is 11.1. The fourth-order valence-corrected chi connectivity index (χ4v) is 1.79. The molecule has 0 saturated carbocycles. The van der Waals surface area contributed by atoms with Gasteiger partial charge in [0.2, 0.25) is 0 Å². The van der Waals surface area contributed by atoms with Crippen molar-refractivity contribution in [2.75, 3.05) is 7.11 Å². The molecule has 0 atom stereocenters. The maximum Gasteiger partial charge on any atom is 0.330 e. The second-order valence-corrected chi connectivity index (χ2v) is 4.23. The van der Waals surface area contributed by atoms with Crippen molar-refractivity contribution >= 4 is 24.2 Å². The first kappa shape index (κ1) is 13.8. The molecular formula is C18H16O2. The summed E-state index contributed by atoms with van der Waals surface area (Å²) >= 11 is 0. The molecule has 0 saturated heterocycles. The van der Waals surface area contributed by atoms with Gasteiger partial charge in [-0.2, -0.15) is 0 Å². The Morgan fingerprint density at radius 1 is 0.850 bits per heavy atom. The van der Waals surface area contributed by atoms with Gasteiger partial charge in [0.15, 0.2) is 0 Å². The summed E-state index contributed by atoms with van der Waals surface area (Å²) < 4.78 is 4.60. The van der Waals surface area contributed by atoms with Gasteiger partial charge in [0, 0.05) is 6.08 Å². The van der Waals surface area contributed by atoms with Crippen LogP contribution in [0.15, 0.2) is 60.7 Å². The Morgan fingerprint density at radius 3 is 2.10 bits per heavy atom. The summed E-state index contributed by atoms with van der Waals surface area (Å²) in [7, 11) is 1.37. The lowest BCUT2D eigenvalue weighted by atomic mass is 10.1. The van der Waals surface area contributed by atoms with Crippen molar-refractivity contribution in [3.8, 4) is 0 Å². The number of rotatable bonds is 4. The van der Waals surface area contributed by atoms with E-state index < -0.39 is 0 Å². The topological polar surface area (TPSA) is 26.3 Å². The van der Waals surface area contributed by atoms with Crippen molar-refractivity contribution in [2.45, 2.75) is 0 Å². The molecule has 0 aliphatic rings. The average Bonchev–Trinajstić information content (AvgIpc) is 2.52. The summed E-state index contributed by atoms with van der Waals surface area (Å²) in [6.45, 7) is 0. The number of ether oxygens (including phenoxy) is 1. The van der Waals surface area contributed by atoms with Crippen LogP contribution in [-0.4, -0.2) is 13.1 Å². The molecule has 0 aliphatic carbocycles. The van der Waals surface area contributed by atoms with Crippen LogP contribution in [-0.2, 0) is 9.53 Å². The molecule has 100 valence electrons. The molecule has 2 aromatic rings. The Labute approximate surface area is 119 Å². The minimum absolute atomic E-state index is 0.355. The minimum Gasteiger partial charge on any atom is -0.466 e. The molecule has 0 fully saturated rings. The van der Waals surface area contributed by atoms with Crippen molar-refractivity contribution in [1.82, 2.24) is 0 Å². The molecule has 0 radical (unpaired) electrons. The summed E-state index contributed by atoms with van der Waals surface area (Å²) in [6, 6.07) is 18.0. The third-order valence-electron chi connectivity index (χ3n) is 2.85. The Balaban J connectivity index is 2.22. The average molecular weight is 264 g/mol. The molecule has 2 nitrogen and oxygen atoms in total. The van der Waals surface area contributed by atoms with Crippen LogP contribution in [0.2, 0.25) is 0 Å². The van der Waals surface area contributed by atoms with E-state index in [0.29, 0.717) is 0 Å². The highest BCUT2D eigenvalue weighted by atomic mass is 16.5. The van der Waals surface area contributed by atoms with Crippen LogP contribution in [0.1, 0.15) is 16.7 Å². The van der Waals surface area contributed by atoms with Crippen LogP contribution in [0.4, 0.5) is 0 Å². The molecule has 20 heavy (non-hydrogen) atoms. The van der Waals surface area contributed by atoms with E-state index in [0.717, 1.165) is 16.7 Å². The number of methoxy groups -OCH3 is 1. The van der Waals surface area contributed by atoms with Gasteiger partial charge in [-0.25, -0.2) is 4.79 Å². The molecule has 2 rings (SSSR count). The predicted octanol–water partition coefficient (Wildman–Crippen LogP) is 4.04. The standard InChI is InChI=1S/C18H16O2/c1-20-18(19)14-13-17-10-6-5-9-16(17)12-11-15-7-3-2-4-8-15/h2-14H,1H3/b12-11+,14-13+. The second kappa shape index (κ2) is 7.10. The fraction of sp³-hybridized carbons (Fsp3) is 0.0556. The molecule has 0 unspecified atom stereocenters. The lowest BCUT2D eigenvalue weighted by Crippen LogP contribution is -1.93. The third-order valence-corrected chi connectivity index (χ3v) is 2.85. The highest BCUT2D eigenvalue weighted by Crippen LogP contribution is 2.14. The van der Waals surface area contributed by atoms with Crippen molar-refractivity contribution in [3.63, 3.8) is 0 Å². The zero-order chi connectivity index (χ0) is 14.2. The van der Waals surface area contributed by atoms with Crippen molar-refractivity contribution in [1.29, 1.82) is 0 Å². The molecule has 0 N–H and O–H groups in total. The van der Waals surface area contributed by atoms with Gasteiger partial charge in [-0.1, -0.05) is 66.7 Å². The van der Waals surface area contributed by atoms with Crippen LogP contribution in [0.25, 0.3) is 18.2 Å². The molecule has 0 aliphatic heterocycles. The lowest BCUT2D eigenvalue weighted by molar-refractivity contribution is -0.134. The summed E-state index contributed by atoms with van der Waals surface area (Å²) in [5, 5.41) is 0. The molecular weight excluding hydrogens is 248 g/mol. The molecule has 2 heteroatoms. The third kappa shape index (κ3) is 3.95. The number of hydrogen-bond acceptors (Lipinski definition) is 2. The van der Waals surface area contributed by atoms with Crippen LogP contribution in [0.5, 0.6) is 0 Å². The van der Waals surface area contributed by atoms with Crippen LogP contribution < -0.4 is 0 Å². The Hall–Kier alpha value is -2.61. The summed E-state index contributed by atoms with van der Waals surface area (Å²) in [5.74, 6) is -0.355. The number of carbonyl (C=O) groups excluding carboxylic acids is 1. The molecule has 0 amide bonds. The van der Waals surface area contributed by atoms with E-state index in [1.807, 2.05) is 66.7 Å². The van der Waals surface area contributed by atoms with E-state index in [1.165, 1.54) is 13.2 Å². The monoisotopic (exact) mass is 264 g/mol. The maximum absolute atomic E-state index is 11.1. The van der Waals surface area contributed by atoms with Gasteiger partial charge in [-0.3, -0.25) is 0 Å².